The van der Waals surface area contributed by atoms with E-state index in [1.54, 1.807) is 0 Å². The van der Waals surface area contributed by atoms with Crippen LogP contribution < -0.4 is 0 Å². The Morgan fingerprint density at radius 2 is 2.00 bits per heavy atom. The standard InChI is InChI=1S/C4H8Cl2S/c1-3(7)2-4(5)6/h3-4,7H,2H2,1H3. The topological polar surface area (TPSA) is 0 Å². The molecule has 0 saturated heterocycles. The average Bonchev–Trinajstić information content (AvgIpc) is 1.27. The van der Waals surface area contributed by atoms with Gasteiger partial charge in [-0.1, -0.05) is 6.92 Å². The number of rotatable bonds is 2. The molecule has 0 heterocycles. The van der Waals surface area contributed by atoms with Crippen molar-refractivity contribution in [2.45, 2.75) is 23.4 Å². The summed E-state index contributed by atoms with van der Waals surface area (Å²) in [5.74, 6) is 0. The molecule has 0 aromatic heterocycles. The van der Waals surface area contributed by atoms with E-state index in [4.69, 9.17) is 23.2 Å². The normalized spacial score (nSPS) is 15.0. The van der Waals surface area contributed by atoms with E-state index in [1.807, 2.05) is 6.92 Å². The molecule has 0 aromatic carbocycles. The van der Waals surface area contributed by atoms with Crippen molar-refractivity contribution in [3.05, 3.63) is 0 Å². The molecule has 0 aliphatic heterocycles. The molecule has 0 amide bonds. The molecule has 1 atom stereocenters. The molecule has 44 valence electrons. The summed E-state index contributed by atoms with van der Waals surface area (Å²) in [7, 11) is 0. The zero-order valence-corrected chi connectivity index (χ0v) is 6.47. The van der Waals surface area contributed by atoms with Gasteiger partial charge in [-0.2, -0.15) is 12.6 Å². The molecule has 1 unspecified atom stereocenters. The zero-order chi connectivity index (χ0) is 5.86. The van der Waals surface area contributed by atoms with Gasteiger partial charge in [0.15, 0.2) is 0 Å². The quantitative estimate of drug-likeness (QED) is 0.464. The van der Waals surface area contributed by atoms with E-state index in [1.165, 1.54) is 0 Å². The highest BCUT2D eigenvalue weighted by Crippen LogP contribution is 2.12. The Kier molecular flexibility index (Phi) is 4.39. The first-order valence-electron chi connectivity index (χ1n) is 2.09. The predicted octanol–water partition coefficient (Wildman–Crippen LogP) is 2.50. The molecular formula is C4H8Cl2S. The minimum atomic E-state index is -0.257. The summed E-state index contributed by atoms with van der Waals surface area (Å²) < 4.78 is 0. The number of halogens is 2. The lowest BCUT2D eigenvalue weighted by molar-refractivity contribution is 0.885. The fraction of sp³-hybridized carbons (Fsp3) is 1.00. The lowest BCUT2D eigenvalue weighted by Crippen LogP contribution is -1.96. The highest BCUT2D eigenvalue weighted by atomic mass is 35.5. The molecule has 0 fully saturated rings. The van der Waals surface area contributed by atoms with Gasteiger partial charge < -0.3 is 0 Å². The third-order valence-electron chi connectivity index (χ3n) is 0.519. The molecule has 3 heteroatoms. The lowest BCUT2D eigenvalue weighted by Gasteiger charge is -2.00. The Labute approximate surface area is 59.6 Å². The van der Waals surface area contributed by atoms with Gasteiger partial charge in [0, 0.05) is 5.25 Å². The Balaban J connectivity index is 2.95. The predicted molar refractivity (Wildman–Crippen MR) is 38.6 cm³/mol. The fourth-order valence-electron chi connectivity index (χ4n) is 0.258. The molecule has 0 aromatic rings. The first-order chi connectivity index (χ1) is 3.13. The van der Waals surface area contributed by atoms with Crippen molar-refractivity contribution < 1.29 is 0 Å². The van der Waals surface area contributed by atoms with Crippen LogP contribution in [0.3, 0.4) is 0 Å². The SMILES string of the molecule is CC(S)CC(Cl)Cl. The van der Waals surface area contributed by atoms with Gasteiger partial charge in [-0.15, -0.1) is 23.2 Å². The van der Waals surface area contributed by atoms with Crippen LogP contribution in [0, 0.1) is 0 Å². The van der Waals surface area contributed by atoms with Gasteiger partial charge in [-0.25, -0.2) is 0 Å². The van der Waals surface area contributed by atoms with E-state index in [0.29, 0.717) is 5.25 Å². The summed E-state index contributed by atoms with van der Waals surface area (Å²) in [4.78, 5) is -0.257. The zero-order valence-electron chi connectivity index (χ0n) is 4.06. The minimum Gasteiger partial charge on any atom is -0.176 e. The van der Waals surface area contributed by atoms with Crippen molar-refractivity contribution in [1.82, 2.24) is 0 Å². The number of hydrogen-bond acceptors (Lipinski definition) is 1. The second-order valence-electron chi connectivity index (χ2n) is 1.48. The largest absolute Gasteiger partial charge is 0.176 e. The second kappa shape index (κ2) is 3.88. The van der Waals surface area contributed by atoms with Gasteiger partial charge in [0.1, 0.15) is 4.84 Å². The van der Waals surface area contributed by atoms with Crippen molar-refractivity contribution in [2.75, 3.05) is 0 Å². The molecule has 0 nitrogen and oxygen atoms in total. The molecular weight excluding hydrogens is 151 g/mol. The number of alkyl halides is 2. The smallest absolute Gasteiger partial charge is 0.108 e. The molecule has 0 rings (SSSR count). The number of hydrogen-bond donors (Lipinski definition) is 1. The summed E-state index contributed by atoms with van der Waals surface area (Å²) in [5.41, 5.74) is 0. The van der Waals surface area contributed by atoms with Crippen LogP contribution in [0.4, 0.5) is 0 Å². The van der Waals surface area contributed by atoms with Crippen LogP contribution >= 0.6 is 35.8 Å². The third kappa shape index (κ3) is 6.93. The molecule has 0 saturated carbocycles. The van der Waals surface area contributed by atoms with E-state index in [-0.39, 0.29) is 4.84 Å². The second-order valence-corrected chi connectivity index (χ2v) is 3.63. The molecule has 0 aliphatic rings. The van der Waals surface area contributed by atoms with E-state index in [2.05, 4.69) is 12.6 Å². The van der Waals surface area contributed by atoms with Crippen molar-refractivity contribution in [2.24, 2.45) is 0 Å². The minimum absolute atomic E-state index is 0.257. The van der Waals surface area contributed by atoms with Crippen molar-refractivity contribution in [1.29, 1.82) is 0 Å². The average molecular weight is 159 g/mol. The van der Waals surface area contributed by atoms with Crippen LogP contribution in [0.1, 0.15) is 13.3 Å². The first kappa shape index (κ1) is 7.93. The van der Waals surface area contributed by atoms with Gasteiger partial charge in [0.05, 0.1) is 0 Å². The highest BCUT2D eigenvalue weighted by Gasteiger charge is 2.00. The summed E-state index contributed by atoms with van der Waals surface area (Å²) in [6.45, 7) is 1.96. The van der Waals surface area contributed by atoms with E-state index in [9.17, 15) is 0 Å². The van der Waals surface area contributed by atoms with Gasteiger partial charge in [0.2, 0.25) is 0 Å². The third-order valence-corrected chi connectivity index (χ3v) is 1.09. The maximum absolute atomic E-state index is 5.39. The Hall–Kier alpha value is 0.930. The molecule has 7 heavy (non-hydrogen) atoms. The van der Waals surface area contributed by atoms with E-state index >= 15 is 0 Å². The lowest BCUT2D eigenvalue weighted by atomic mass is 10.4. The monoisotopic (exact) mass is 158 g/mol. The molecule has 0 radical (unpaired) electrons. The summed E-state index contributed by atoms with van der Waals surface area (Å²) in [6.07, 6.45) is 0.756. The fourth-order valence-corrected chi connectivity index (χ4v) is 1.25. The number of thiol groups is 1. The molecule has 0 bridgehead atoms. The van der Waals surface area contributed by atoms with Crippen LogP contribution in [0.15, 0.2) is 0 Å². The highest BCUT2D eigenvalue weighted by molar-refractivity contribution is 7.80. The Bertz CT molecular complexity index is 39.0. The maximum Gasteiger partial charge on any atom is 0.108 e. The van der Waals surface area contributed by atoms with Gasteiger partial charge in [-0.3, -0.25) is 0 Å². The van der Waals surface area contributed by atoms with Crippen LogP contribution in [0.5, 0.6) is 0 Å². The molecule has 0 N–H and O–H groups in total. The van der Waals surface area contributed by atoms with Crippen LogP contribution in [0.2, 0.25) is 0 Å². The maximum atomic E-state index is 5.39. The van der Waals surface area contributed by atoms with Crippen LogP contribution in [0.25, 0.3) is 0 Å². The van der Waals surface area contributed by atoms with E-state index < -0.39 is 0 Å². The van der Waals surface area contributed by atoms with E-state index in [0.717, 1.165) is 6.42 Å². The molecule has 0 spiro atoms. The van der Waals surface area contributed by atoms with Crippen molar-refractivity contribution >= 4 is 35.8 Å². The summed E-state index contributed by atoms with van der Waals surface area (Å²) in [5, 5.41) is 0.306. The van der Waals surface area contributed by atoms with Crippen LogP contribution in [-0.2, 0) is 0 Å². The van der Waals surface area contributed by atoms with Crippen molar-refractivity contribution in [3.8, 4) is 0 Å². The van der Waals surface area contributed by atoms with Gasteiger partial charge in [0.25, 0.3) is 0 Å². The summed E-state index contributed by atoms with van der Waals surface area (Å²) >= 11 is 14.8. The van der Waals surface area contributed by atoms with Gasteiger partial charge >= 0.3 is 0 Å². The Morgan fingerprint density at radius 3 is 2.00 bits per heavy atom. The summed E-state index contributed by atoms with van der Waals surface area (Å²) in [6, 6.07) is 0. The Morgan fingerprint density at radius 1 is 1.57 bits per heavy atom. The van der Waals surface area contributed by atoms with Gasteiger partial charge in [-0.05, 0) is 6.42 Å². The van der Waals surface area contributed by atoms with Crippen molar-refractivity contribution in [3.63, 3.8) is 0 Å². The molecule has 0 aliphatic carbocycles. The first-order valence-corrected chi connectivity index (χ1v) is 3.48. The van der Waals surface area contributed by atoms with Crippen LogP contribution in [-0.4, -0.2) is 10.1 Å².